The lowest BCUT2D eigenvalue weighted by molar-refractivity contribution is -0.152. The maximum absolute atomic E-state index is 11.4. The van der Waals surface area contributed by atoms with E-state index in [1.807, 2.05) is 12.1 Å². The van der Waals surface area contributed by atoms with Crippen molar-refractivity contribution >= 4 is 5.91 Å². The summed E-state index contributed by atoms with van der Waals surface area (Å²) in [7, 11) is 1.95. The van der Waals surface area contributed by atoms with Gasteiger partial charge >= 0.3 is 0 Å². The van der Waals surface area contributed by atoms with E-state index in [0.717, 1.165) is 25.9 Å². The third kappa shape index (κ3) is 2.19. The van der Waals surface area contributed by atoms with E-state index in [-0.39, 0.29) is 5.91 Å². The molecule has 0 aliphatic carbocycles. The Labute approximate surface area is 73.3 Å². The molecule has 1 saturated heterocycles. The second-order valence-corrected chi connectivity index (χ2v) is 3.14. The lowest BCUT2D eigenvalue weighted by Gasteiger charge is -2.35. The molecule has 1 rings (SSSR count). The number of hydrogen-bond donors (Lipinski definition) is 1. The highest BCUT2D eigenvalue weighted by Gasteiger charge is 2.21. The average Bonchev–Trinajstić information content (AvgIpc) is 2.04. The van der Waals surface area contributed by atoms with Gasteiger partial charge in [-0.2, -0.15) is 0 Å². The van der Waals surface area contributed by atoms with Gasteiger partial charge in [-0.05, 0) is 19.4 Å². The highest BCUT2D eigenvalue weighted by atomic mass is 16.2. The summed E-state index contributed by atoms with van der Waals surface area (Å²) in [5, 5.41) is 3.79. The Bertz CT molecular complexity index is 160. The van der Waals surface area contributed by atoms with E-state index in [0.29, 0.717) is 13.0 Å². The van der Waals surface area contributed by atoms with E-state index in [1.165, 1.54) is 0 Å². The second-order valence-electron chi connectivity index (χ2n) is 3.14. The van der Waals surface area contributed by atoms with Crippen LogP contribution in [-0.2, 0) is 4.79 Å². The molecule has 2 N–H and O–H groups in total. The highest BCUT2D eigenvalue weighted by Crippen LogP contribution is 2.09. The zero-order valence-corrected chi connectivity index (χ0v) is 7.62. The first-order valence-electron chi connectivity index (χ1n) is 4.47. The van der Waals surface area contributed by atoms with Gasteiger partial charge in [0.15, 0.2) is 0 Å². The minimum atomic E-state index is 0.234. The van der Waals surface area contributed by atoms with Crippen molar-refractivity contribution in [2.45, 2.75) is 19.3 Å². The molecule has 0 aromatic carbocycles. The van der Waals surface area contributed by atoms with E-state index in [1.54, 1.807) is 5.01 Å². The zero-order chi connectivity index (χ0) is 8.97. The number of carbonyl (C=O) groups is 1. The predicted molar refractivity (Wildman–Crippen MR) is 47.2 cm³/mol. The third-order valence-electron chi connectivity index (χ3n) is 2.15. The molecule has 0 aromatic rings. The summed E-state index contributed by atoms with van der Waals surface area (Å²) in [6.45, 7) is 2.40. The van der Waals surface area contributed by atoms with Crippen molar-refractivity contribution in [3.8, 4) is 0 Å². The molecule has 1 heterocycles. The van der Waals surface area contributed by atoms with Gasteiger partial charge in [0.05, 0.1) is 0 Å². The topological polar surface area (TPSA) is 49.6 Å². The molecule has 70 valence electrons. The third-order valence-corrected chi connectivity index (χ3v) is 2.15. The maximum Gasteiger partial charge on any atom is 0.236 e. The molecule has 1 aliphatic heterocycles. The van der Waals surface area contributed by atoms with Crippen LogP contribution in [0.4, 0.5) is 0 Å². The summed E-state index contributed by atoms with van der Waals surface area (Å²) in [5.41, 5.74) is 5.38. The number of nitrogens with zero attached hydrogens (tertiary/aromatic N) is 2. The van der Waals surface area contributed by atoms with Crippen molar-refractivity contribution in [3.05, 3.63) is 0 Å². The summed E-state index contributed by atoms with van der Waals surface area (Å²) >= 11 is 0. The highest BCUT2D eigenvalue weighted by molar-refractivity contribution is 5.76. The molecule has 1 amide bonds. The summed E-state index contributed by atoms with van der Waals surface area (Å²) in [4.78, 5) is 11.4. The van der Waals surface area contributed by atoms with Crippen LogP contribution in [0.3, 0.4) is 0 Å². The summed E-state index contributed by atoms with van der Waals surface area (Å²) in [6.07, 6.45) is 2.56. The quantitative estimate of drug-likeness (QED) is 0.640. The lowest BCUT2D eigenvalue weighted by atomic mass is 10.2. The van der Waals surface area contributed by atoms with E-state index >= 15 is 0 Å². The molecule has 0 atom stereocenters. The number of hydrazine groups is 1. The minimum absolute atomic E-state index is 0.234. The van der Waals surface area contributed by atoms with Crippen LogP contribution in [0.1, 0.15) is 19.3 Å². The van der Waals surface area contributed by atoms with Crippen LogP contribution in [0.2, 0.25) is 0 Å². The second kappa shape index (κ2) is 4.42. The fraction of sp³-hybridized carbons (Fsp3) is 0.875. The Morgan fingerprint density at radius 2 is 2.33 bits per heavy atom. The Morgan fingerprint density at radius 1 is 1.58 bits per heavy atom. The smallest absolute Gasteiger partial charge is 0.236 e. The molecule has 1 fully saturated rings. The number of hydrogen-bond acceptors (Lipinski definition) is 3. The van der Waals surface area contributed by atoms with Crippen molar-refractivity contribution in [2.24, 2.45) is 5.73 Å². The van der Waals surface area contributed by atoms with Crippen LogP contribution in [-0.4, -0.2) is 42.6 Å². The number of amides is 1. The van der Waals surface area contributed by atoms with Crippen LogP contribution in [0.5, 0.6) is 0 Å². The average molecular weight is 171 g/mol. The monoisotopic (exact) mass is 171 g/mol. The Balaban J connectivity index is 2.40. The van der Waals surface area contributed by atoms with Crippen LogP contribution >= 0.6 is 0 Å². The van der Waals surface area contributed by atoms with Crippen molar-refractivity contribution in [3.63, 3.8) is 0 Å². The standard InChI is InChI=1S/C8H17N3O/c1-10-6-2-4-8(12)11(10)7-3-5-9/h2-7,9H2,1H3. The Kier molecular flexibility index (Phi) is 3.49. The first kappa shape index (κ1) is 9.48. The first-order valence-corrected chi connectivity index (χ1v) is 4.47. The Morgan fingerprint density at radius 3 is 2.92 bits per heavy atom. The minimum Gasteiger partial charge on any atom is -0.330 e. The molecular weight excluding hydrogens is 154 g/mol. The SMILES string of the molecule is CN1CCCC(=O)N1CCCN. The van der Waals surface area contributed by atoms with Crippen LogP contribution in [0.25, 0.3) is 0 Å². The van der Waals surface area contributed by atoms with Gasteiger partial charge in [0.1, 0.15) is 0 Å². The molecule has 0 spiro atoms. The van der Waals surface area contributed by atoms with E-state index < -0.39 is 0 Å². The van der Waals surface area contributed by atoms with Gasteiger partial charge in [-0.1, -0.05) is 0 Å². The zero-order valence-electron chi connectivity index (χ0n) is 7.62. The van der Waals surface area contributed by atoms with Gasteiger partial charge in [0.2, 0.25) is 5.91 Å². The van der Waals surface area contributed by atoms with Crippen LogP contribution < -0.4 is 5.73 Å². The van der Waals surface area contributed by atoms with E-state index in [4.69, 9.17) is 5.73 Å². The van der Waals surface area contributed by atoms with Gasteiger partial charge < -0.3 is 5.73 Å². The largest absolute Gasteiger partial charge is 0.330 e. The fourth-order valence-electron chi connectivity index (χ4n) is 1.44. The van der Waals surface area contributed by atoms with Gasteiger partial charge in [0, 0.05) is 26.6 Å². The molecule has 0 radical (unpaired) electrons. The fourth-order valence-corrected chi connectivity index (χ4v) is 1.44. The molecular formula is C8H17N3O. The van der Waals surface area contributed by atoms with Gasteiger partial charge in [-0.3, -0.25) is 9.80 Å². The van der Waals surface area contributed by atoms with Crippen molar-refractivity contribution in [1.29, 1.82) is 0 Å². The summed E-state index contributed by atoms with van der Waals surface area (Å²) in [6, 6.07) is 0. The van der Waals surface area contributed by atoms with Crippen molar-refractivity contribution in [2.75, 3.05) is 26.7 Å². The molecule has 4 nitrogen and oxygen atoms in total. The predicted octanol–water partition coefficient (Wildman–Crippen LogP) is -0.196. The van der Waals surface area contributed by atoms with Gasteiger partial charge in [0.25, 0.3) is 0 Å². The molecule has 4 heteroatoms. The van der Waals surface area contributed by atoms with E-state index in [9.17, 15) is 4.79 Å². The van der Waals surface area contributed by atoms with Crippen LogP contribution in [0.15, 0.2) is 0 Å². The maximum atomic E-state index is 11.4. The molecule has 1 aliphatic rings. The van der Waals surface area contributed by atoms with Gasteiger partial charge in [-0.25, -0.2) is 5.01 Å². The summed E-state index contributed by atoms with van der Waals surface area (Å²) in [5.74, 6) is 0.234. The molecule has 12 heavy (non-hydrogen) atoms. The normalized spacial score (nSPS) is 20.2. The molecule has 0 unspecified atom stereocenters. The van der Waals surface area contributed by atoms with Crippen LogP contribution in [0, 0.1) is 0 Å². The molecule has 0 aromatic heterocycles. The molecule has 0 bridgehead atoms. The molecule has 0 saturated carbocycles. The first-order chi connectivity index (χ1) is 5.75. The van der Waals surface area contributed by atoms with Crippen molar-refractivity contribution < 1.29 is 4.79 Å². The van der Waals surface area contributed by atoms with Gasteiger partial charge in [-0.15, -0.1) is 0 Å². The van der Waals surface area contributed by atoms with Crippen molar-refractivity contribution in [1.82, 2.24) is 10.0 Å². The summed E-state index contributed by atoms with van der Waals surface area (Å²) < 4.78 is 0. The Hall–Kier alpha value is -0.610. The lowest BCUT2D eigenvalue weighted by Crippen LogP contribution is -2.48. The number of rotatable bonds is 3. The number of carbonyl (C=O) groups excluding carboxylic acids is 1. The van der Waals surface area contributed by atoms with E-state index in [2.05, 4.69) is 0 Å². The number of nitrogens with two attached hydrogens (primary N) is 1.